The van der Waals surface area contributed by atoms with Crippen LogP contribution in [0.5, 0.6) is 0 Å². The molecular weight excluding hydrogens is 402 g/mol. The molecule has 1 fully saturated rings. The summed E-state index contributed by atoms with van der Waals surface area (Å²) in [6.45, 7) is 0.536. The maximum Gasteiger partial charge on any atom is 0.199 e. The summed E-state index contributed by atoms with van der Waals surface area (Å²) in [6.07, 6.45) is 4.05. The minimum absolute atomic E-state index is 0.536. The fourth-order valence-electron chi connectivity index (χ4n) is 2.72. The van der Waals surface area contributed by atoms with E-state index in [4.69, 9.17) is 16.0 Å². The van der Waals surface area contributed by atoms with Crippen LogP contribution in [-0.4, -0.2) is 24.1 Å². The number of hydrogen-bond donors (Lipinski definition) is 0. The highest BCUT2D eigenvalue weighted by Gasteiger charge is 2.28. The van der Waals surface area contributed by atoms with Gasteiger partial charge in [0.1, 0.15) is 11.6 Å². The average Bonchev–Trinajstić information content (AvgIpc) is 3.07. The van der Waals surface area contributed by atoms with Crippen molar-refractivity contribution in [3.8, 4) is 11.4 Å². The minimum Gasteiger partial charge on any atom is -0.467 e. The predicted molar refractivity (Wildman–Crippen MR) is 104 cm³/mol. The summed E-state index contributed by atoms with van der Waals surface area (Å²) in [5, 5.41) is 10.3. The van der Waals surface area contributed by atoms with Crippen LogP contribution in [0.1, 0.15) is 30.3 Å². The van der Waals surface area contributed by atoms with Crippen molar-refractivity contribution in [2.75, 3.05) is 0 Å². The Balaban J connectivity index is 1.50. The molecule has 27 heavy (non-hydrogen) atoms. The number of rotatable bonds is 6. The quantitative estimate of drug-likeness (QED) is 0.435. The zero-order valence-electron chi connectivity index (χ0n) is 14.1. The lowest BCUT2D eigenvalue weighted by Crippen LogP contribution is -2.03. The van der Waals surface area contributed by atoms with Gasteiger partial charge < -0.3 is 4.42 Å². The van der Waals surface area contributed by atoms with E-state index in [0.717, 1.165) is 32.5 Å². The first-order valence-electron chi connectivity index (χ1n) is 8.49. The summed E-state index contributed by atoms with van der Waals surface area (Å²) >= 11 is 8.93. The van der Waals surface area contributed by atoms with E-state index < -0.39 is 0 Å². The summed E-state index contributed by atoms with van der Waals surface area (Å²) in [5.41, 5.74) is 0.946. The van der Waals surface area contributed by atoms with Crippen molar-refractivity contribution in [3.63, 3.8) is 0 Å². The first kappa shape index (κ1) is 17.0. The van der Waals surface area contributed by atoms with Gasteiger partial charge in [0.2, 0.25) is 0 Å². The summed E-state index contributed by atoms with van der Waals surface area (Å²) in [5.74, 6) is 3.10. The van der Waals surface area contributed by atoms with Gasteiger partial charge in [0.05, 0.1) is 12.8 Å². The van der Waals surface area contributed by atoms with Crippen molar-refractivity contribution in [1.29, 1.82) is 0 Å². The third-order valence-corrected chi connectivity index (χ3v) is 6.26. The van der Waals surface area contributed by atoms with Crippen LogP contribution in [-0.2, 0) is 6.54 Å². The summed E-state index contributed by atoms with van der Waals surface area (Å²) in [7, 11) is 0. The van der Waals surface area contributed by atoms with E-state index in [1.165, 1.54) is 36.1 Å². The molecule has 1 aromatic carbocycles. The van der Waals surface area contributed by atoms with Crippen LogP contribution in [0.4, 0.5) is 0 Å². The van der Waals surface area contributed by atoms with Gasteiger partial charge in [-0.1, -0.05) is 11.6 Å². The van der Waals surface area contributed by atoms with Gasteiger partial charge in [-0.25, -0.2) is 4.98 Å². The molecule has 0 saturated heterocycles. The maximum atomic E-state index is 6.02. The molecule has 5 rings (SSSR count). The molecule has 0 spiro atoms. The Kier molecular flexibility index (Phi) is 4.47. The fourth-order valence-corrected chi connectivity index (χ4v) is 4.47. The Hall–Kier alpha value is -2.16. The van der Waals surface area contributed by atoms with Crippen LogP contribution in [0.2, 0.25) is 5.02 Å². The van der Waals surface area contributed by atoms with Gasteiger partial charge in [-0.3, -0.25) is 4.57 Å². The van der Waals surface area contributed by atoms with Gasteiger partial charge in [-0.05, 0) is 72.5 Å². The molecule has 0 radical (unpaired) electrons. The van der Waals surface area contributed by atoms with Crippen molar-refractivity contribution in [2.45, 2.75) is 34.8 Å². The number of halogens is 1. The lowest BCUT2D eigenvalue weighted by Gasteiger charge is -2.08. The smallest absolute Gasteiger partial charge is 0.199 e. The Morgan fingerprint density at radius 3 is 2.78 bits per heavy atom. The molecule has 9 heteroatoms. The second-order valence-electron chi connectivity index (χ2n) is 6.27. The molecule has 4 aromatic rings. The van der Waals surface area contributed by atoms with Gasteiger partial charge in [0.15, 0.2) is 15.3 Å². The van der Waals surface area contributed by atoms with Crippen molar-refractivity contribution in [2.24, 2.45) is 0 Å². The molecule has 136 valence electrons. The van der Waals surface area contributed by atoms with E-state index in [9.17, 15) is 0 Å². The number of aromatic nitrogens is 5. The normalized spacial score (nSPS) is 14.0. The number of benzene rings is 1. The summed E-state index contributed by atoms with van der Waals surface area (Å²) in [4.78, 5) is 4.65. The molecule has 0 aliphatic heterocycles. The zero-order valence-corrected chi connectivity index (χ0v) is 16.5. The van der Waals surface area contributed by atoms with Gasteiger partial charge >= 0.3 is 0 Å². The Bertz CT molecular complexity index is 1050. The molecule has 1 saturated carbocycles. The second kappa shape index (κ2) is 7.10. The first-order valence-corrected chi connectivity index (χ1v) is 10.5. The number of furan rings is 1. The van der Waals surface area contributed by atoms with Crippen molar-refractivity contribution < 1.29 is 4.42 Å². The predicted octanol–water partition coefficient (Wildman–Crippen LogP) is 5.12. The van der Waals surface area contributed by atoms with E-state index in [-0.39, 0.29) is 0 Å². The molecular formula is C18H14ClN5OS2. The molecule has 1 aliphatic rings. The Labute approximate surface area is 168 Å². The Morgan fingerprint density at radius 1 is 1.19 bits per heavy atom. The van der Waals surface area contributed by atoms with Crippen LogP contribution >= 0.6 is 34.9 Å². The summed E-state index contributed by atoms with van der Waals surface area (Å²) in [6, 6.07) is 11.4. The van der Waals surface area contributed by atoms with E-state index in [1.54, 1.807) is 6.26 Å². The third-order valence-electron chi connectivity index (χ3n) is 4.26. The Morgan fingerprint density at radius 2 is 2.04 bits per heavy atom. The van der Waals surface area contributed by atoms with Gasteiger partial charge in [-0.2, -0.15) is 4.37 Å². The molecule has 0 amide bonds. The maximum absolute atomic E-state index is 6.02. The zero-order chi connectivity index (χ0) is 18.2. The van der Waals surface area contributed by atoms with Crippen LogP contribution in [0.25, 0.3) is 11.4 Å². The highest BCUT2D eigenvalue weighted by molar-refractivity contribution is 8.00. The fraction of sp³-hybridized carbons (Fsp3) is 0.222. The monoisotopic (exact) mass is 415 g/mol. The lowest BCUT2D eigenvalue weighted by atomic mass is 10.2. The molecule has 0 N–H and O–H groups in total. The SMILES string of the molecule is Clc1ccc(-c2nnc(Sc3nc(C4CC4)ns3)n2Cc2ccco2)cc1. The molecule has 1 aliphatic carbocycles. The van der Waals surface area contributed by atoms with Gasteiger partial charge in [0.25, 0.3) is 0 Å². The second-order valence-corrected chi connectivity index (χ2v) is 8.68. The highest BCUT2D eigenvalue weighted by Crippen LogP contribution is 2.40. The van der Waals surface area contributed by atoms with Crippen LogP contribution in [0, 0.1) is 0 Å². The largest absolute Gasteiger partial charge is 0.467 e. The standard InChI is InChI=1S/C18H14ClN5OS2/c19-13-7-5-12(6-8-13)16-21-22-17(24(16)10-14-2-1-9-25-14)26-18-20-15(23-27-18)11-3-4-11/h1-2,5-9,11H,3-4,10H2. The van der Waals surface area contributed by atoms with Gasteiger partial charge in [-0.15, -0.1) is 10.2 Å². The van der Waals surface area contributed by atoms with E-state index in [2.05, 4.69) is 19.6 Å². The third kappa shape index (κ3) is 3.65. The highest BCUT2D eigenvalue weighted by atomic mass is 35.5. The van der Waals surface area contributed by atoms with Crippen LogP contribution in [0.15, 0.2) is 56.6 Å². The van der Waals surface area contributed by atoms with Crippen LogP contribution in [0.3, 0.4) is 0 Å². The van der Waals surface area contributed by atoms with E-state index in [1.807, 2.05) is 41.0 Å². The number of hydrogen-bond acceptors (Lipinski definition) is 7. The van der Waals surface area contributed by atoms with Crippen molar-refractivity contribution >= 4 is 34.9 Å². The van der Waals surface area contributed by atoms with Gasteiger partial charge in [0, 0.05) is 16.5 Å². The molecule has 0 unspecified atom stereocenters. The molecule has 3 aromatic heterocycles. The first-order chi connectivity index (χ1) is 13.3. The molecule has 0 atom stereocenters. The van der Waals surface area contributed by atoms with Crippen molar-refractivity contribution in [3.05, 3.63) is 59.3 Å². The molecule has 3 heterocycles. The van der Waals surface area contributed by atoms with E-state index >= 15 is 0 Å². The molecule has 0 bridgehead atoms. The lowest BCUT2D eigenvalue weighted by molar-refractivity contribution is 0.485. The van der Waals surface area contributed by atoms with Crippen LogP contribution < -0.4 is 0 Å². The number of nitrogens with zero attached hydrogens (tertiary/aromatic N) is 5. The van der Waals surface area contributed by atoms with Crippen molar-refractivity contribution in [1.82, 2.24) is 24.1 Å². The minimum atomic E-state index is 0.536. The summed E-state index contributed by atoms with van der Waals surface area (Å²) < 4.78 is 12.9. The average molecular weight is 416 g/mol. The topological polar surface area (TPSA) is 69.6 Å². The molecule has 6 nitrogen and oxygen atoms in total. The van der Waals surface area contributed by atoms with E-state index in [0.29, 0.717) is 17.5 Å².